The quantitative estimate of drug-likeness (QED) is 0.787. The number of pyridine rings is 1. The van der Waals surface area contributed by atoms with E-state index in [2.05, 4.69) is 4.98 Å². The first-order valence-electron chi connectivity index (χ1n) is 8.82. The fourth-order valence-electron chi connectivity index (χ4n) is 3.31. The highest BCUT2D eigenvalue weighted by Gasteiger charge is 2.36. The number of rotatable bonds is 5. The number of halogens is 3. The SMILES string of the molecule is CN(Cc1cccnc1)C(=O)[C@H]1CC(=O)N(Cc2cccc(C(F)(F)F)c2)C1. The molecular weight excluding hydrogens is 371 g/mol. The maximum absolute atomic E-state index is 12.9. The van der Waals surface area contributed by atoms with E-state index >= 15 is 0 Å². The monoisotopic (exact) mass is 391 g/mol. The Balaban J connectivity index is 1.62. The molecule has 2 aromatic rings. The van der Waals surface area contributed by atoms with Crippen LogP contribution in [-0.2, 0) is 28.9 Å². The number of hydrogen-bond acceptors (Lipinski definition) is 3. The lowest BCUT2D eigenvalue weighted by Crippen LogP contribution is -2.34. The van der Waals surface area contributed by atoms with Crippen molar-refractivity contribution in [2.24, 2.45) is 5.92 Å². The number of amides is 2. The largest absolute Gasteiger partial charge is 0.416 e. The molecule has 2 amide bonds. The van der Waals surface area contributed by atoms with E-state index < -0.39 is 17.7 Å². The van der Waals surface area contributed by atoms with Crippen molar-refractivity contribution >= 4 is 11.8 Å². The Morgan fingerprint density at radius 2 is 2.00 bits per heavy atom. The molecular formula is C20H20F3N3O2. The second-order valence-electron chi connectivity index (χ2n) is 6.93. The van der Waals surface area contributed by atoms with Crippen LogP contribution >= 0.6 is 0 Å². The molecule has 148 valence electrons. The third-order valence-electron chi connectivity index (χ3n) is 4.71. The van der Waals surface area contributed by atoms with E-state index in [1.807, 2.05) is 6.07 Å². The summed E-state index contributed by atoms with van der Waals surface area (Å²) in [5.41, 5.74) is 0.518. The minimum Gasteiger partial charge on any atom is -0.341 e. The Kier molecular flexibility index (Phi) is 5.67. The van der Waals surface area contributed by atoms with Gasteiger partial charge in [-0.2, -0.15) is 13.2 Å². The Hall–Kier alpha value is -2.90. The molecule has 1 aliphatic heterocycles. The molecule has 0 N–H and O–H groups in total. The maximum atomic E-state index is 12.9. The fraction of sp³-hybridized carbons (Fsp3) is 0.350. The number of hydrogen-bond donors (Lipinski definition) is 0. The number of alkyl halides is 3. The summed E-state index contributed by atoms with van der Waals surface area (Å²) in [6.07, 6.45) is -1.05. The average Bonchev–Trinajstić information content (AvgIpc) is 3.02. The number of nitrogens with zero attached hydrogens (tertiary/aromatic N) is 3. The number of aromatic nitrogens is 1. The van der Waals surface area contributed by atoms with Gasteiger partial charge in [0.2, 0.25) is 11.8 Å². The first kappa shape index (κ1) is 19.9. The number of carbonyl (C=O) groups excluding carboxylic acids is 2. The van der Waals surface area contributed by atoms with E-state index in [4.69, 9.17) is 0 Å². The zero-order valence-electron chi connectivity index (χ0n) is 15.3. The minimum absolute atomic E-state index is 0.0544. The molecule has 1 aromatic carbocycles. The predicted octanol–water partition coefficient (Wildman–Crippen LogP) is 3.11. The van der Waals surface area contributed by atoms with Crippen LogP contribution in [0.4, 0.5) is 13.2 Å². The molecule has 0 spiro atoms. The zero-order valence-corrected chi connectivity index (χ0v) is 15.3. The summed E-state index contributed by atoms with van der Waals surface area (Å²) in [6.45, 7) is 0.634. The van der Waals surface area contributed by atoms with Crippen LogP contribution in [0, 0.1) is 5.92 Å². The van der Waals surface area contributed by atoms with Crippen LogP contribution in [-0.4, -0.2) is 40.2 Å². The van der Waals surface area contributed by atoms with E-state index in [0.717, 1.165) is 17.7 Å². The molecule has 1 fully saturated rings. The van der Waals surface area contributed by atoms with Gasteiger partial charge in [-0.05, 0) is 29.3 Å². The summed E-state index contributed by atoms with van der Waals surface area (Å²) >= 11 is 0. The topological polar surface area (TPSA) is 53.5 Å². The summed E-state index contributed by atoms with van der Waals surface area (Å²) in [5.74, 6) is -0.894. The van der Waals surface area contributed by atoms with Crippen molar-refractivity contribution in [1.82, 2.24) is 14.8 Å². The van der Waals surface area contributed by atoms with Crippen molar-refractivity contribution in [1.29, 1.82) is 0 Å². The summed E-state index contributed by atoms with van der Waals surface area (Å²) in [4.78, 5) is 31.9. The third kappa shape index (κ3) is 4.68. The molecule has 0 unspecified atom stereocenters. The highest BCUT2D eigenvalue weighted by molar-refractivity contribution is 5.89. The van der Waals surface area contributed by atoms with Gasteiger partial charge >= 0.3 is 6.18 Å². The molecule has 0 radical (unpaired) electrons. The Morgan fingerprint density at radius 1 is 1.25 bits per heavy atom. The van der Waals surface area contributed by atoms with Gasteiger partial charge in [0.05, 0.1) is 11.5 Å². The van der Waals surface area contributed by atoms with Gasteiger partial charge in [0.1, 0.15) is 0 Å². The highest BCUT2D eigenvalue weighted by atomic mass is 19.4. The zero-order chi connectivity index (χ0) is 20.3. The lowest BCUT2D eigenvalue weighted by molar-refractivity contribution is -0.137. The summed E-state index contributed by atoms with van der Waals surface area (Å²) in [6, 6.07) is 8.54. The molecule has 0 aliphatic carbocycles. The van der Waals surface area contributed by atoms with Gasteiger partial charge in [-0.3, -0.25) is 14.6 Å². The van der Waals surface area contributed by atoms with E-state index in [1.165, 1.54) is 11.0 Å². The van der Waals surface area contributed by atoms with E-state index in [9.17, 15) is 22.8 Å². The standard InChI is InChI=1S/C20H20F3N3O2/c1-25(11-15-5-3-7-24-10-15)19(28)16-9-18(27)26(13-16)12-14-4-2-6-17(8-14)20(21,22)23/h2-8,10,16H,9,11-13H2,1H3/t16-/m0/s1. The van der Waals surface area contributed by atoms with E-state index in [1.54, 1.807) is 36.5 Å². The Bertz CT molecular complexity index is 855. The van der Waals surface area contributed by atoms with Gasteiger partial charge in [0.25, 0.3) is 0 Å². The normalized spacial score (nSPS) is 17.1. The van der Waals surface area contributed by atoms with Crippen LogP contribution in [0.25, 0.3) is 0 Å². The average molecular weight is 391 g/mol. The Morgan fingerprint density at radius 3 is 2.68 bits per heavy atom. The smallest absolute Gasteiger partial charge is 0.341 e. The molecule has 1 aliphatic rings. The Labute approximate surface area is 160 Å². The third-order valence-corrected chi connectivity index (χ3v) is 4.71. The second kappa shape index (κ2) is 8.00. The molecule has 3 rings (SSSR count). The van der Waals surface area contributed by atoms with Crippen LogP contribution in [0.1, 0.15) is 23.1 Å². The molecule has 8 heteroatoms. The molecule has 5 nitrogen and oxygen atoms in total. The first-order valence-corrected chi connectivity index (χ1v) is 8.82. The van der Waals surface area contributed by atoms with Gasteiger partial charge in [-0.1, -0.05) is 18.2 Å². The van der Waals surface area contributed by atoms with E-state index in [0.29, 0.717) is 12.1 Å². The van der Waals surface area contributed by atoms with Gasteiger partial charge < -0.3 is 9.80 Å². The minimum atomic E-state index is -4.43. The maximum Gasteiger partial charge on any atom is 0.416 e. The van der Waals surface area contributed by atoms with Crippen LogP contribution in [0.15, 0.2) is 48.8 Å². The number of benzene rings is 1. The fourth-order valence-corrected chi connectivity index (χ4v) is 3.31. The van der Waals surface area contributed by atoms with Gasteiger partial charge in [0, 0.05) is 45.5 Å². The molecule has 2 heterocycles. The van der Waals surface area contributed by atoms with E-state index in [-0.39, 0.29) is 31.3 Å². The van der Waals surface area contributed by atoms with Crippen LogP contribution in [0.5, 0.6) is 0 Å². The summed E-state index contributed by atoms with van der Waals surface area (Å²) in [5, 5.41) is 0. The first-order chi connectivity index (χ1) is 13.2. The number of carbonyl (C=O) groups is 2. The molecule has 1 atom stereocenters. The highest BCUT2D eigenvalue weighted by Crippen LogP contribution is 2.30. The van der Waals surface area contributed by atoms with Crippen LogP contribution < -0.4 is 0 Å². The summed E-state index contributed by atoms with van der Waals surface area (Å²) < 4.78 is 38.6. The lowest BCUT2D eigenvalue weighted by atomic mass is 10.1. The van der Waals surface area contributed by atoms with Crippen molar-refractivity contribution in [2.75, 3.05) is 13.6 Å². The van der Waals surface area contributed by atoms with Crippen molar-refractivity contribution < 1.29 is 22.8 Å². The predicted molar refractivity (Wildman–Crippen MR) is 95.7 cm³/mol. The van der Waals surface area contributed by atoms with Gasteiger partial charge in [-0.25, -0.2) is 0 Å². The van der Waals surface area contributed by atoms with Crippen molar-refractivity contribution in [3.05, 3.63) is 65.5 Å². The van der Waals surface area contributed by atoms with Gasteiger partial charge in [0.15, 0.2) is 0 Å². The molecule has 28 heavy (non-hydrogen) atoms. The van der Waals surface area contributed by atoms with Crippen molar-refractivity contribution in [3.63, 3.8) is 0 Å². The molecule has 0 bridgehead atoms. The van der Waals surface area contributed by atoms with Crippen molar-refractivity contribution in [2.45, 2.75) is 25.7 Å². The van der Waals surface area contributed by atoms with Gasteiger partial charge in [-0.15, -0.1) is 0 Å². The number of likely N-dealkylation sites (tertiary alicyclic amines) is 1. The van der Waals surface area contributed by atoms with Crippen LogP contribution in [0.3, 0.4) is 0 Å². The van der Waals surface area contributed by atoms with Crippen molar-refractivity contribution in [3.8, 4) is 0 Å². The molecule has 1 saturated heterocycles. The second-order valence-corrected chi connectivity index (χ2v) is 6.93. The summed E-state index contributed by atoms with van der Waals surface area (Å²) in [7, 11) is 1.66. The van der Waals surface area contributed by atoms with Crippen LogP contribution in [0.2, 0.25) is 0 Å². The molecule has 0 saturated carbocycles. The lowest BCUT2D eigenvalue weighted by Gasteiger charge is -2.21. The molecule has 1 aromatic heterocycles.